The fourth-order valence-electron chi connectivity index (χ4n) is 4.21. The molecule has 4 amide bonds. The van der Waals surface area contributed by atoms with Gasteiger partial charge in [-0.3, -0.25) is 24.7 Å². The Labute approximate surface area is 186 Å². The lowest BCUT2D eigenvalue weighted by molar-refractivity contribution is -0.143. The molecule has 2 aromatic rings. The molecule has 0 bridgehead atoms. The average molecular weight is 441 g/mol. The Morgan fingerprint density at radius 2 is 2.00 bits per heavy atom. The molecule has 7 nitrogen and oxygen atoms in total. The van der Waals surface area contributed by atoms with Crippen LogP contribution in [0.1, 0.15) is 24.0 Å². The average Bonchev–Trinajstić information content (AvgIpc) is 2.75. The largest absolute Gasteiger partial charge is 0.328 e. The third-order valence-corrected chi connectivity index (χ3v) is 6.09. The Morgan fingerprint density at radius 3 is 2.77 bits per heavy atom. The van der Waals surface area contributed by atoms with Crippen LogP contribution < -0.4 is 10.6 Å². The molecule has 2 heterocycles. The van der Waals surface area contributed by atoms with E-state index in [0.29, 0.717) is 29.2 Å². The first-order chi connectivity index (χ1) is 14.9. The fraction of sp³-hybridized carbons (Fsp3) is 0.348. The Kier molecular flexibility index (Phi) is 6.25. The van der Waals surface area contributed by atoms with Gasteiger partial charge in [-0.1, -0.05) is 41.9 Å². The summed E-state index contributed by atoms with van der Waals surface area (Å²) in [6.07, 6.45) is 1.02. The van der Waals surface area contributed by atoms with Crippen molar-refractivity contribution in [2.24, 2.45) is 5.92 Å². The number of carbonyl (C=O) groups is 3. The lowest BCUT2D eigenvalue weighted by Gasteiger charge is -2.46. The van der Waals surface area contributed by atoms with Gasteiger partial charge in [-0.25, -0.2) is 4.79 Å². The Hall–Kier alpha value is -2.90. The first kappa shape index (κ1) is 21.3. The number of hydrogen-bond acceptors (Lipinski definition) is 4. The van der Waals surface area contributed by atoms with Crippen molar-refractivity contribution in [2.75, 3.05) is 18.4 Å². The number of carbonyl (C=O) groups excluding carboxylic acids is 3. The monoisotopic (exact) mass is 440 g/mol. The van der Waals surface area contributed by atoms with Gasteiger partial charge in [0, 0.05) is 10.7 Å². The molecular weight excluding hydrogens is 416 g/mol. The van der Waals surface area contributed by atoms with E-state index in [9.17, 15) is 14.4 Å². The summed E-state index contributed by atoms with van der Waals surface area (Å²) in [4.78, 5) is 41.9. The zero-order valence-corrected chi connectivity index (χ0v) is 18.1. The molecule has 2 atom stereocenters. The molecule has 0 aromatic heterocycles. The van der Waals surface area contributed by atoms with Crippen molar-refractivity contribution in [3.63, 3.8) is 0 Å². The van der Waals surface area contributed by atoms with Gasteiger partial charge in [0.1, 0.15) is 6.54 Å². The highest BCUT2D eigenvalue weighted by atomic mass is 35.5. The van der Waals surface area contributed by atoms with E-state index in [1.807, 2.05) is 31.2 Å². The van der Waals surface area contributed by atoms with Crippen molar-refractivity contribution in [3.8, 4) is 0 Å². The smallest absolute Gasteiger partial charge is 0.325 e. The van der Waals surface area contributed by atoms with Crippen LogP contribution in [0.15, 0.2) is 48.5 Å². The molecule has 2 aliphatic heterocycles. The number of rotatable bonds is 5. The van der Waals surface area contributed by atoms with Gasteiger partial charge in [0.25, 0.3) is 0 Å². The van der Waals surface area contributed by atoms with E-state index < -0.39 is 12.2 Å². The molecule has 0 aliphatic carbocycles. The summed E-state index contributed by atoms with van der Waals surface area (Å²) in [5.41, 5.74) is 2.39. The second-order valence-corrected chi connectivity index (χ2v) is 8.40. The van der Waals surface area contributed by atoms with Gasteiger partial charge in [-0.05, 0) is 55.6 Å². The number of fused-ring (bicyclic) bond motifs is 1. The molecule has 8 heteroatoms. The van der Waals surface area contributed by atoms with E-state index >= 15 is 0 Å². The normalized spacial score (nSPS) is 21.1. The number of urea groups is 1. The van der Waals surface area contributed by atoms with E-state index in [4.69, 9.17) is 11.6 Å². The maximum absolute atomic E-state index is 13.3. The van der Waals surface area contributed by atoms with E-state index in [2.05, 4.69) is 10.6 Å². The van der Waals surface area contributed by atoms with Crippen molar-refractivity contribution in [2.45, 2.75) is 32.5 Å². The predicted molar refractivity (Wildman–Crippen MR) is 118 cm³/mol. The number of imide groups is 1. The zero-order valence-electron chi connectivity index (χ0n) is 17.3. The van der Waals surface area contributed by atoms with Crippen molar-refractivity contribution in [1.82, 2.24) is 15.1 Å². The first-order valence-electron chi connectivity index (χ1n) is 10.4. The topological polar surface area (TPSA) is 81.8 Å². The van der Waals surface area contributed by atoms with Crippen LogP contribution in [0.25, 0.3) is 0 Å². The molecule has 2 aromatic carbocycles. The molecule has 2 fully saturated rings. The van der Waals surface area contributed by atoms with Crippen LogP contribution in [0.2, 0.25) is 5.02 Å². The summed E-state index contributed by atoms with van der Waals surface area (Å²) in [6, 6.07) is 14.1. The third-order valence-electron chi connectivity index (χ3n) is 5.72. The highest BCUT2D eigenvalue weighted by Crippen LogP contribution is 2.30. The minimum Gasteiger partial charge on any atom is -0.325 e. The lowest BCUT2D eigenvalue weighted by Crippen LogP contribution is -2.68. The number of hydrogen-bond donors (Lipinski definition) is 2. The van der Waals surface area contributed by atoms with Crippen LogP contribution in [0, 0.1) is 12.8 Å². The molecule has 162 valence electrons. The van der Waals surface area contributed by atoms with Crippen LogP contribution >= 0.6 is 11.6 Å². The quantitative estimate of drug-likeness (QED) is 0.746. The second kappa shape index (κ2) is 9.08. The third kappa shape index (κ3) is 4.57. The van der Waals surface area contributed by atoms with Crippen LogP contribution in [0.5, 0.6) is 0 Å². The van der Waals surface area contributed by atoms with Crippen LogP contribution in [-0.4, -0.2) is 46.9 Å². The van der Waals surface area contributed by atoms with Crippen molar-refractivity contribution in [1.29, 1.82) is 0 Å². The van der Waals surface area contributed by atoms with Gasteiger partial charge < -0.3 is 5.32 Å². The molecule has 0 radical (unpaired) electrons. The maximum atomic E-state index is 13.3. The van der Waals surface area contributed by atoms with Crippen molar-refractivity contribution in [3.05, 3.63) is 64.7 Å². The van der Waals surface area contributed by atoms with E-state index in [0.717, 1.165) is 12.0 Å². The summed E-state index contributed by atoms with van der Waals surface area (Å²) in [5, 5.41) is 6.60. The Balaban J connectivity index is 1.55. The SMILES string of the molecule is Cc1cccc(NC(=O)CN2C(=O)N(Cc3ccccc3Cl)C(=O)C3CCCNC32)c1. The zero-order chi connectivity index (χ0) is 22.0. The minimum absolute atomic E-state index is 0.0799. The molecular formula is C23H25ClN4O3. The number of aryl methyl sites for hydroxylation is 1. The molecule has 4 rings (SSSR count). The molecule has 2 aliphatic rings. The molecule has 31 heavy (non-hydrogen) atoms. The van der Waals surface area contributed by atoms with Crippen LogP contribution in [0.3, 0.4) is 0 Å². The molecule has 2 unspecified atom stereocenters. The van der Waals surface area contributed by atoms with Gasteiger partial charge in [0.05, 0.1) is 18.6 Å². The molecule has 0 saturated carbocycles. The van der Waals surface area contributed by atoms with Gasteiger partial charge in [-0.2, -0.15) is 0 Å². The van der Waals surface area contributed by atoms with Gasteiger partial charge in [-0.15, -0.1) is 0 Å². The van der Waals surface area contributed by atoms with E-state index in [1.165, 1.54) is 9.80 Å². The van der Waals surface area contributed by atoms with Crippen molar-refractivity contribution < 1.29 is 14.4 Å². The molecule has 0 spiro atoms. The number of piperidine rings is 1. The fourth-order valence-corrected chi connectivity index (χ4v) is 4.41. The number of nitrogens with one attached hydrogen (secondary N) is 2. The Morgan fingerprint density at radius 1 is 1.19 bits per heavy atom. The summed E-state index contributed by atoms with van der Waals surface area (Å²) in [6.45, 7) is 2.57. The number of benzene rings is 2. The number of amides is 4. The molecule has 2 N–H and O–H groups in total. The van der Waals surface area contributed by atoms with Gasteiger partial charge in [0.2, 0.25) is 11.8 Å². The number of halogens is 1. The van der Waals surface area contributed by atoms with E-state index in [1.54, 1.807) is 24.3 Å². The summed E-state index contributed by atoms with van der Waals surface area (Å²) >= 11 is 6.26. The van der Waals surface area contributed by atoms with E-state index in [-0.39, 0.29) is 30.8 Å². The van der Waals surface area contributed by atoms with Crippen LogP contribution in [-0.2, 0) is 16.1 Å². The predicted octanol–water partition coefficient (Wildman–Crippen LogP) is 3.38. The summed E-state index contributed by atoms with van der Waals surface area (Å²) in [7, 11) is 0. The Bertz CT molecular complexity index is 1010. The highest BCUT2D eigenvalue weighted by Gasteiger charge is 2.47. The molecule has 2 saturated heterocycles. The second-order valence-electron chi connectivity index (χ2n) is 7.99. The number of nitrogens with zero attached hydrogens (tertiary/aromatic N) is 2. The maximum Gasteiger partial charge on any atom is 0.328 e. The highest BCUT2D eigenvalue weighted by molar-refractivity contribution is 6.31. The lowest BCUT2D eigenvalue weighted by atomic mass is 9.91. The standard InChI is InChI=1S/C23H25ClN4O3/c1-15-6-4-8-17(12-15)26-20(29)14-27-21-18(9-5-11-25-21)22(30)28(23(27)31)13-16-7-2-3-10-19(16)24/h2-4,6-8,10,12,18,21,25H,5,9,11,13-14H2,1H3,(H,26,29). The first-order valence-corrected chi connectivity index (χ1v) is 10.8. The van der Waals surface area contributed by atoms with Gasteiger partial charge >= 0.3 is 6.03 Å². The van der Waals surface area contributed by atoms with Crippen LogP contribution in [0.4, 0.5) is 10.5 Å². The summed E-state index contributed by atoms with van der Waals surface area (Å²) in [5.74, 6) is -0.921. The van der Waals surface area contributed by atoms with Crippen molar-refractivity contribution >= 4 is 35.1 Å². The number of anilines is 1. The summed E-state index contributed by atoms with van der Waals surface area (Å²) < 4.78 is 0. The minimum atomic E-state index is -0.487. The van der Waals surface area contributed by atoms with Gasteiger partial charge in [0.15, 0.2) is 0 Å².